The fraction of sp³-hybridized carbons (Fsp3) is 1.00. The molecular formula is C34H54. The second-order valence-corrected chi connectivity index (χ2v) is 18.4. The van der Waals surface area contributed by atoms with Gasteiger partial charge in [-0.15, -0.1) is 0 Å². The third-order valence-electron chi connectivity index (χ3n) is 22.7. The lowest BCUT2D eigenvalue weighted by Gasteiger charge is -3.02. The molecule has 0 heterocycles. The van der Waals surface area contributed by atoms with Crippen molar-refractivity contribution in [1.29, 1.82) is 0 Å². The summed E-state index contributed by atoms with van der Waals surface area (Å²) in [5, 5.41) is 0. The van der Waals surface area contributed by atoms with Crippen LogP contribution in [0, 0.1) is 94.1 Å². The first kappa shape index (κ1) is 22.0. The van der Waals surface area contributed by atoms with E-state index in [4.69, 9.17) is 0 Å². The average Bonchev–Trinajstić information content (AvgIpc) is 2.93. The number of fused-ring (bicyclic) bond motifs is 3. The summed E-state index contributed by atoms with van der Waals surface area (Å²) in [7, 11) is 0. The van der Waals surface area contributed by atoms with Crippen LogP contribution in [0.15, 0.2) is 0 Å². The lowest BCUT2D eigenvalue weighted by Crippen LogP contribution is -2.99. The number of hydrogen-bond acceptors (Lipinski definition) is 0. The van der Waals surface area contributed by atoms with Gasteiger partial charge in [-0.1, -0.05) is 111 Å². The molecule has 0 aliphatic heterocycles. The Bertz CT molecular complexity index is 1180. The van der Waals surface area contributed by atoms with Crippen molar-refractivity contribution in [1.82, 2.24) is 0 Å². The van der Waals surface area contributed by atoms with Crippen LogP contribution in [0.2, 0.25) is 0 Å². The third kappa shape index (κ3) is 0.870. The Kier molecular flexibility index (Phi) is 2.64. The zero-order valence-electron chi connectivity index (χ0n) is 25.5. The van der Waals surface area contributed by atoms with Gasteiger partial charge in [0, 0.05) is 0 Å². The zero-order chi connectivity index (χ0) is 25.5. The molecule has 9 rings (SSSR count). The van der Waals surface area contributed by atoms with E-state index in [1.165, 1.54) is 6.42 Å². The molecule has 0 spiro atoms. The predicted octanol–water partition coefficient (Wildman–Crippen LogP) is 9.09. The Balaban J connectivity index is 1.67. The van der Waals surface area contributed by atoms with Crippen molar-refractivity contribution in [3.05, 3.63) is 0 Å². The largest absolute Gasteiger partial charge is 0.0616 e. The van der Waals surface area contributed by atoms with Crippen LogP contribution < -0.4 is 0 Å². The van der Waals surface area contributed by atoms with Gasteiger partial charge in [-0.2, -0.15) is 0 Å². The van der Waals surface area contributed by atoms with E-state index in [0.717, 1.165) is 23.7 Å². The van der Waals surface area contributed by atoms with Crippen LogP contribution >= 0.6 is 0 Å². The summed E-state index contributed by atoms with van der Waals surface area (Å²) in [5.41, 5.74) is 5.13. The monoisotopic (exact) mass is 462 g/mol. The van der Waals surface area contributed by atoms with Crippen LogP contribution in [-0.2, 0) is 0 Å². The van der Waals surface area contributed by atoms with Gasteiger partial charge in [0.25, 0.3) is 0 Å². The van der Waals surface area contributed by atoms with Crippen LogP contribution in [0.3, 0.4) is 0 Å². The topological polar surface area (TPSA) is 0 Å². The molecule has 17 atom stereocenters. The molecule has 9 saturated carbocycles. The van der Waals surface area contributed by atoms with E-state index in [0.29, 0.717) is 70.4 Å². The molecule has 34 heavy (non-hydrogen) atoms. The molecule has 0 amide bonds. The Morgan fingerprint density at radius 2 is 0.735 bits per heavy atom. The minimum Gasteiger partial charge on any atom is -0.0616 e. The highest BCUT2D eigenvalue weighted by Crippen LogP contribution is 3.20. The highest BCUT2D eigenvalue weighted by Gasteiger charge is 3.17. The SMILES string of the molecule is CC1C2(C)CC3(C)C4C(C)C5(C)C(C)(C4C)C4(C)C5(C)C5(C)C3(C)C3(C)C1(C)C2(C)C3(C)C45C. The van der Waals surface area contributed by atoms with Crippen LogP contribution in [0.5, 0.6) is 0 Å². The Labute approximate surface area is 211 Å². The lowest BCUT2D eigenvalue weighted by atomic mass is 9.01. The van der Waals surface area contributed by atoms with E-state index in [-0.39, 0.29) is 0 Å². The van der Waals surface area contributed by atoms with E-state index < -0.39 is 0 Å². The van der Waals surface area contributed by atoms with E-state index in [1.807, 2.05) is 0 Å². The van der Waals surface area contributed by atoms with Crippen LogP contribution in [0.25, 0.3) is 0 Å². The van der Waals surface area contributed by atoms with Gasteiger partial charge in [0.05, 0.1) is 0 Å². The average molecular weight is 463 g/mol. The summed E-state index contributed by atoms with van der Waals surface area (Å²) in [6.45, 7) is 45.2. The van der Waals surface area contributed by atoms with Gasteiger partial charge < -0.3 is 0 Å². The second-order valence-electron chi connectivity index (χ2n) is 18.4. The maximum absolute atomic E-state index is 2.92. The van der Waals surface area contributed by atoms with Crippen molar-refractivity contribution < 1.29 is 0 Å². The van der Waals surface area contributed by atoms with Crippen LogP contribution in [0.1, 0.15) is 117 Å². The van der Waals surface area contributed by atoms with Gasteiger partial charge in [-0.25, -0.2) is 0 Å². The molecule has 0 heteroatoms. The molecule has 8 bridgehead atoms. The van der Waals surface area contributed by atoms with E-state index in [1.54, 1.807) is 0 Å². The summed E-state index contributed by atoms with van der Waals surface area (Å²) in [4.78, 5) is 0. The first-order valence-electron chi connectivity index (χ1n) is 15.0. The Morgan fingerprint density at radius 1 is 0.382 bits per heavy atom. The van der Waals surface area contributed by atoms with Gasteiger partial charge in [-0.05, 0) is 100 Å². The molecule has 0 N–H and O–H groups in total. The summed E-state index contributed by atoms with van der Waals surface area (Å²) < 4.78 is 0. The van der Waals surface area contributed by atoms with Crippen molar-refractivity contribution in [2.24, 2.45) is 94.1 Å². The molecule has 9 fully saturated rings. The van der Waals surface area contributed by atoms with Gasteiger partial charge in [0.15, 0.2) is 0 Å². The summed E-state index contributed by atoms with van der Waals surface area (Å²) in [5.74, 6) is 3.25. The minimum absolute atomic E-state index is 0.342. The quantitative estimate of drug-likeness (QED) is 0.337. The summed E-state index contributed by atoms with van der Waals surface area (Å²) in [6, 6.07) is 0. The summed E-state index contributed by atoms with van der Waals surface area (Å²) in [6.07, 6.45) is 1.46. The molecular weight excluding hydrogens is 408 g/mol. The predicted molar refractivity (Wildman–Crippen MR) is 141 cm³/mol. The van der Waals surface area contributed by atoms with Crippen molar-refractivity contribution in [2.45, 2.75) is 117 Å². The molecule has 0 saturated heterocycles. The standard InChI is InChI=1S/C34H54/c1-18-21-19(2)25(7)24(18,6)29(11)30(25,12)34(16)32(14)27(9)22(4)17-23(21,5)28(10,33(29,34)15)31(32,13)26(27,8)20(22)3/h18-21H,17H2,1-16H3. The molecule has 0 radical (unpaired) electrons. The summed E-state index contributed by atoms with van der Waals surface area (Å²) >= 11 is 0. The first-order valence-corrected chi connectivity index (χ1v) is 15.0. The minimum atomic E-state index is 0.342. The van der Waals surface area contributed by atoms with Crippen LogP contribution in [0.4, 0.5) is 0 Å². The van der Waals surface area contributed by atoms with Crippen LogP contribution in [-0.4, -0.2) is 0 Å². The van der Waals surface area contributed by atoms with Gasteiger partial charge in [-0.3, -0.25) is 0 Å². The van der Waals surface area contributed by atoms with E-state index in [9.17, 15) is 0 Å². The smallest absolute Gasteiger partial charge is 0.0131 e. The number of hydrogen-bond donors (Lipinski definition) is 0. The molecule has 9 aliphatic rings. The molecule has 0 aromatic heterocycles. The van der Waals surface area contributed by atoms with Gasteiger partial charge >= 0.3 is 0 Å². The van der Waals surface area contributed by atoms with Crippen molar-refractivity contribution >= 4 is 0 Å². The molecule has 17 unspecified atom stereocenters. The molecule has 0 aromatic carbocycles. The molecule has 0 nitrogen and oxygen atoms in total. The fourth-order valence-electron chi connectivity index (χ4n) is 21.5. The van der Waals surface area contributed by atoms with E-state index in [2.05, 4.69) is 111 Å². The van der Waals surface area contributed by atoms with Gasteiger partial charge in [0.2, 0.25) is 0 Å². The Morgan fingerprint density at radius 3 is 1.18 bits per heavy atom. The normalized spacial score (nSPS) is 88.2. The second kappa shape index (κ2) is 4.08. The maximum atomic E-state index is 2.92. The zero-order valence-corrected chi connectivity index (χ0v) is 25.5. The van der Waals surface area contributed by atoms with E-state index >= 15 is 0 Å². The molecule has 9 aliphatic carbocycles. The maximum Gasteiger partial charge on any atom is -0.0131 e. The highest BCUT2D eigenvalue weighted by molar-refractivity contribution is 5.63. The third-order valence-corrected chi connectivity index (χ3v) is 22.7. The molecule has 0 aromatic rings. The van der Waals surface area contributed by atoms with Crippen molar-refractivity contribution in [2.75, 3.05) is 0 Å². The number of rotatable bonds is 0. The highest BCUT2D eigenvalue weighted by atomic mass is 15.2. The van der Waals surface area contributed by atoms with Crippen molar-refractivity contribution in [3.8, 4) is 0 Å². The lowest BCUT2D eigenvalue weighted by molar-refractivity contribution is -0.562. The first-order chi connectivity index (χ1) is 15.0. The fourth-order valence-corrected chi connectivity index (χ4v) is 21.5. The molecule has 190 valence electrons. The Hall–Kier alpha value is 0. The van der Waals surface area contributed by atoms with Gasteiger partial charge in [0.1, 0.15) is 0 Å². The van der Waals surface area contributed by atoms with Crippen molar-refractivity contribution in [3.63, 3.8) is 0 Å².